The third-order valence-corrected chi connectivity index (χ3v) is 7.25. The molecule has 2 aliphatic heterocycles. The van der Waals surface area contributed by atoms with E-state index in [1.54, 1.807) is 0 Å². The molecule has 3 heterocycles. The number of carbonyl (C=O) groups is 1. The number of para-hydroxylation sites is 2. The number of fused-ring (bicyclic) bond motifs is 1. The molecule has 0 saturated carbocycles. The number of ether oxygens (including phenoxy) is 2. The highest BCUT2D eigenvalue weighted by atomic mass is 16.5. The summed E-state index contributed by atoms with van der Waals surface area (Å²) in [6.45, 7) is 6.44. The lowest BCUT2D eigenvalue weighted by atomic mass is 9.91. The van der Waals surface area contributed by atoms with E-state index in [0.29, 0.717) is 23.8 Å². The van der Waals surface area contributed by atoms with E-state index in [1.165, 1.54) is 10.9 Å². The summed E-state index contributed by atoms with van der Waals surface area (Å²) in [5, 5.41) is 1.20. The van der Waals surface area contributed by atoms with Crippen molar-refractivity contribution in [2.24, 2.45) is 5.92 Å². The summed E-state index contributed by atoms with van der Waals surface area (Å²) >= 11 is 0. The molecular formula is C29H35N3O3. The molecule has 0 aliphatic carbocycles. The molecule has 0 spiro atoms. The molecule has 0 N–H and O–H groups in total. The fourth-order valence-corrected chi connectivity index (χ4v) is 5.26. The first-order valence-corrected chi connectivity index (χ1v) is 12.9. The molecule has 3 aromatic rings. The zero-order valence-corrected chi connectivity index (χ0v) is 20.4. The van der Waals surface area contributed by atoms with Crippen molar-refractivity contribution < 1.29 is 14.3 Å². The minimum atomic E-state index is 0.0828. The van der Waals surface area contributed by atoms with E-state index in [2.05, 4.69) is 34.1 Å². The van der Waals surface area contributed by atoms with Gasteiger partial charge in [0, 0.05) is 44.3 Å². The third kappa shape index (κ3) is 6.00. The van der Waals surface area contributed by atoms with E-state index in [4.69, 9.17) is 9.47 Å². The van der Waals surface area contributed by atoms with Crippen LogP contribution in [0.1, 0.15) is 35.2 Å². The average molecular weight is 474 g/mol. The van der Waals surface area contributed by atoms with Crippen LogP contribution in [0.5, 0.6) is 5.75 Å². The van der Waals surface area contributed by atoms with Crippen LogP contribution >= 0.6 is 0 Å². The second-order valence-electron chi connectivity index (χ2n) is 9.58. The van der Waals surface area contributed by atoms with Gasteiger partial charge in [-0.25, -0.2) is 0 Å². The van der Waals surface area contributed by atoms with Crippen molar-refractivity contribution in [3.63, 3.8) is 0 Å². The van der Waals surface area contributed by atoms with E-state index >= 15 is 0 Å². The predicted molar refractivity (Wildman–Crippen MR) is 138 cm³/mol. The summed E-state index contributed by atoms with van der Waals surface area (Å²) in [6.07, 6.45) is 6.05. The number of likely N-dealkylation sites (tertiary alicyclic amines) is 1. The van der Waals surface area contributed by atoms with Crippen molar-refractivity contribution in [3.05, 3.63) is 71.9 Å². The number of aromatic nitrogens is 1. The summed E-state index contributed by atoms with van der Waals surface area (Å²) < 4.78 is 11.5. The molecule has 2 saturated heterocycles. The normalized spacial score (nSPS) is 19.4. The van der Waals surface area contributed by atoms with Crippen LogP contribution in [0.15, 0.2) is 60.8 Å². The first-order valence-electron chi connectivity index (χ1n) is 12.9. The molecular weight excluding hydrogens is 438 g/mol. The second-order valence-corrected chi connectivity index (χ2v) is 9.58. The van der Waals surface area contributed by atoms with Crippen molar-refractivity contribution in [2.75, 3.05) is 52.5 Å². The largest absolute Gasteiger partial charge is 0.491 e. The summed E-state index contributed by atoms with van der Waals surface area (Å²) in [7, 11) is 0. The molecule has 0 unspecified atom stereocenters. The van der Waals surface area contributed by atoms with Crippen LogP contribution in [0.4, 0.5) is 0 Å². The van der Waals surface area contributed by atoms with E-state index in [-0.39, 0.29) is 5.91 Å². The van der Waals surface area contributed by atoms with Gasteiger partial charge in [0.1, 0.15) is 12.4 Å². The van der Waals surface area contributed by atoms with Crippen molar-refractivity contribution in [1.82, 2.24) is 14.8 Å². The van der Waals surface area contributed by atoms with Crippen LogP contribution in [-0.4, -0.2) is 73.2 Å². The zero-order chi connectivity index (χ0) is 23.9. The van der Waals surface area contributed by atoms with Crippen LogP contribution in [0, 0.1) is 5.92 Å². The number of rotatable bonds is 7. The molecule has 1 atom stereocenters. The molecule has 6 heteroatoms. The van der Waals surface area contributed by atoms with Crippen molar-refractivity contribution in [1.29, 1.82) is 0 Å². The van der Waals surface area contributed by atoms with Gasteiger partial charge >= 0.3 is 0 Å². The summed E-state index contributed by atoms with van der Waals surface area (Å²) in [6, 6.07) is 18.3. The van der Waals surface area contributed by atoms with Gasteiger partial charge in [0.25, 0.3) is 5.91 Å². The maximum Gasteiger partial charge on any atom is 0.257 e. The Morgan fingerprint density at radius 1 is 0.971 bits per heavy atom. The van der Waals surface area contributed by atoms with Gasteiger partial charge in [-0.2, -0.15) is 0 Å². The molecule has 2 aliphatic rings. The highest BCUT2D eigenvalue weighted by Gasteiger charge is 2.24. The molecule has 2 aromatic carbocycles. The standard InChI is InChI=1S/C29H35N3O3/c33-29(26-10-1-2-11-27(26)35-21-18-31-16-19-34-20-17-31)32-14-5-6-23(12-15-32)22-25-8-3-7-24-9-4-13-30-28(24)25/h1-4,7-11,13,23H,5-6,12,14-22H2/t23-/m1/s1. The van der Waals surface area contributed by atoms with Crippen molar-refractivity contribution >= 4 is 16.8 Å². The Bertz CT molecular complexity index is 1120. The van der Waals surface area contributed by atoms with E-state index < -0.39 is 0 Å². The Hall–Kier alpha value is -2.96. The number of hydrogen-bond donors (Lipinski definition) is 0. The molecule has 5 rings (SSSR count). The van der Waals surface area contributed by atoms with Crippen LogP contribution in [-0.2, 0) is 11.2 Å². The second kappa shape index (κ2) is 11.6. The molecule has 6 nitrogen and oxygen atoms in total. The van der Waals surface area contributed by atoms with E-state index in [9.17, 15) is 4.79 Å². The van der Waals surface area contributed by atoms with Crippen LogP contribution in [0.2, 0.25) is 0 Å². The number of benzene rings is 2. The highest BCUT2D eigenvalue weighted by Crippen LogP contribution is 2.27. The summed E-state index contributed by atoms with van der Waals surface area (Å²) in [4.78, 5) is 22.5. The average Bonchev–Trinajstić information content (AvgIpc) is 3.15. The molecule has 1 amide bonds. The molecule has 1 aromatic heterocycles. The Labute approximate surface area is 207 Å². The van der Waals surface area contributed by atoms with Crippen LogP contribution in [0.3, 0.4) is 0 Å². The van der Waals surface area contributed by atoms with Gasteiger partial charge in [0.05, 0.1) is 24.3 Å². The lowest BCUT2D eigenvalue weighted by Gasteiger charge is -2.26. The zero-order valence-electron chi connectivity index (χ0n) is 20.4. The number of morpholine rings is 1. The molecule has 0 bridgehead atoms. The molecule has 35 heavy (non-hydrogen) atoms. The third-order valence-electron chi connectivity index (χ3n) is 7.25. The first-order chi connectivity index (χ1) is 17.3. The van der Waals surface area contributed by atoms with Gasteiger partial charge < -0.3 is 14.4 Å². The number of nitrogens with zero attached hydrogens (tertiary/aromatic N) is 3. The summed E-state index contributed by atoms with van der Waals surface area (Å²) in [5.74, 6) is 1.33. The van der Waals surface area contributed by atoms with E-state index in [0.717, 1.165) is 77.1 Å². The number of hydrogen-bond acceptors (Lipinski definition) is 5. The Balaban J connectivity index is 1.19. The monoisotopic (exact) mass is 473 g/mol. The highest BCUT2D eigenvalue weighted by molar-refractivity contribution is 5.97. The van der Waals surface area contributed by atoms with Gasteiger partial charge in [0.15, 0.2) is 0 Å². The summed E-state index contributed by atoms with van der Waals surface area (Å²) in [5.41, 5.74) is 3.09. The topological polar surface area (TPSA) is 54.9 Å². The van der Waals surface area contributed by atoms with Gasteiger partial charge in [0.2, 0.25) is 0 Å². The fourth-order valence-electron chi connectivity index (χ4n) is 5.26. The maximum atomic E-state index is 13.5. The smallest absolute Gasteiger partial charge is 0.257 e. The fraction of sp³-hybridized carbons (Fsp3) is 0.448. The minimum absolute atomic E-state index is 0.0828. The van der Waals surface area contributed by atoms with Crippen molar-refractivity contribution in [3.8, 4) is 5.75 Å². The van der Waals surface area contributed by atoms with Gasteiger partial charge in [-0.15, -0.1) is 0 Å². The molecule has 2 fully saturated rings. The van der Waals surface area contributed by atoms with Gasteiger partial charge in [-0.3, -0.25) is 14.7 Å². The Morgan fingerprint density at radius 3 is 2.74 bits per heavy atom. The van der Waals surface area contributed by atoms with E-state index in [1.807, 2.05) is 41.4 Å². The minimum Gasteiger partial charge on any atom is -0.491 e. The Morgan fingerprint density at radius 2 is 1.83 bits per heavy atom. The quantitative estimate of drug-likeness (QED) is 0.508. The number of pyridine rings is 1. The van der Waals surface area contributed by atoms with Gasteiger partial charge in [-0.05, 0) is 55.4 Å². The lowest BCUT2D eigenvalue weighted by Crippen LogP contribution is -2.38. The van der Waals surface area contributed by atoms with Gasteiger partial charge in [-0.1, -0.05) is 36.4 Å². The van der Waals surface area contributed by atoms with Crippen molar-refractivity contribution in [2.45, 2.75) is 25.7 Å². The molecule has 0 radical (unpaired) electrons. The number of carbonyl (C=O) groups excluding carboxylic acids is 1. The first kappa shape index (κ1) is 23.8. The van der Waals surface area contributed by atoms with Crippen LogP contribution < -0.4 is 4.74 Å². The maximum absolute atomic E-state index is 13.5. The molecule has 184 valence electrons. The SMILES string of the molecule is O=C(c1ccccc1OCCN1CCOCC1)N1CCC[C@@H](Cc2cccc3cccnc23)CC1. The Kier molecular flexibility index (Phi) is 7.91. The number of amides is 1. The predicted octanol–water partition coefficient (Wildman–Crippen LogP) is 4.43. The lowest BCUT2D eigenvalue weighted by molar-refractivity contribution is 0.0321. The van der Waals surface area contributed by atoms with Crippen LogP contribution in [0.25, 0.3) is 10.9 Å².